The van der Waals surface area contributed by atoms with E-state index < -0.39 is 11.8 Å². The smallest absolute Gasteiger partial charge is 0.313 e. The van der Waals surface area contributed by atoms with E-state index in [4.69, 9.17) is 23.2 Å². The van der Waals surface area contributed by atoms with Crippen LogP contribution in [-0.2, 0) is 22.4 Å². The maximum Gasteiger partial charge on any atom is 0.313 e. The Kier molecular flexibility index (Phi) is 5.84. The van der Waals surface area contributed by atoms with E-state index in [1.165, 1.54) is 30.0 Å². The van der Waals surface area contributed by atoms with Gasteiger partial charge in [0.1, 0.15) is 0 Å². The van der Waals surface area contributed by atoms with Crippen LogP contribution in [0.25, 0.3) is 0 Å². The minimum absolute atomic E-state index is 0.268. The molecule has 0 radical (unpaired) electrons. The number of carbonyl (C=O) groups is 2. The fourth-order valence-electron chi connectivity index (χ4n) is 3.14. The lowest BCUT2D eigenvalue weighted by Gasteiger charge is -2.20. The van der Waals surface area contributed by atoms with Crippen LogP contribution in [-0.4, -0.2) is 11.8 Å². The first kappa shape index (κ1) is 18.7. The summed E-state index contributed by atoms with van der Waals surface area (Å²) in [7, 11) is 0. The topological polar surface area (TPSA) is 58.2 Å². The van der Waals surface area contributed by atoms with Crippen molar-refractivity contribution in [2.45, 2.75) is 38.6 Å². The van der Waals surface area contributed by atoms with Gasteiger partial charge in [0.25, 0.3) is 0 Å². The van der Waals surface area contributed by atoms with Crippen LogP contribution in [0.15, 0.2) is 36.4 Å². The van der Waals surface area contributed by atoms with E-state index in [-0.39, 0.29) is 6.04 Å². The molecule has 1 unspecified atom stereocenters. The van der Waals surface area contributed by atoms with E-state index in [1.807, 2.05) is 13.0 Å². The standard InChI is InChI=1S/C20H20Cl2N2O2/c1-12(14-7-6-13-4-2-3-5-15(13)10-14)23-19(25)20(26)24-18-11-16(21)8-9-17(18)22/h6-12H,2-5H2,1H3,(H,23,25)(H,24,26). The van der Waals surface area contributed by atoms with Crippen molar-refractivity contribution in [1.82, 2.24) is 5.32 Å². The minimum Gasteiger partial charge on any atom is -0.341 e. The molecule has 1 aliphatic rings. The van der Waals surface area contributed by atoms with Gasteiger partial charge in [0, 0.05) is 5.02 Å². The van der Waals surface area contributed by atoms with Crippen molar-refractivity contribution in [3.8, 4) is 0 Å². The van der Waals surface area contributed by atoms with E-state index in [0.29, 0.717) is 15.7 Å². The van der Waals surface area contributed by atoms with Gasteiger partial charge in [0.2, 0.25) is 0 Å². The molecule has 0 saturated carbocycles. The number of anilines is 1. The van der Waals surface area contributed by atoms with Crippen molar-refractivity contribution in [2.24, 2.45) is 0 Å². The van der Waals surface area contributed by atoms with Gasteiger partial charge < -0.3 is 10.6 Å². The number of halogens is 2. The average Bonchev–Trinajstić information content (AvgIpc) is 2.64. The van der Waals surface area contributed by atoms with Crippen LogP contribution in [0.4, 0.5) is 5.69 Å². The van der Waals surface area contributed by atoms with Crippen LogP contribution in [0, 0.1) is 0 Å². The molecule has 0 saturated heterocycles. The second kappa shape index (κ2) is 8.11. The van der Waals surface area contributed by atoms with Crippen LogP contribution >= 0.6 is 23.2 Å². The summed E-state index contributed by atoms with van der Waals surface area (Å²) in [5.74, 6) is -1.50. The van der Waals surface area contributed by atoms with Gasteiger partial charge in [-0.1, -0.05) is 41.4 Å². The molecule has 2 N–H and O–H groups in total. The Morgan fingerprint density at radius 1 is 0.962 bits per heavy atom. The number of fused-ring (bicyclic) bond motifs is 1. The molecule has 1 aliphatic carbocycles. The van der Waals surface area contributed by atoms with E-state index in [9.17, 15) is 9.59 Å². The Bertz CT molecular complexity index is 852. The first-order valence-electron chi connectivity index (χ1n) is 8.62. The fraction of sp³-hybridized carbons (Fsp3) is 0.300. The molecule has 0 fully saturated rings. The number of rotatable bonds is 3. The van der Waals surface area contributed by atoms with Crippen LogP contribution < -0.4 is 10.6 Å². The minimum atomic E-state index is -0.779. The number of hydrogen-bond acceptors (Lipinski definition) is 2. The zero-order valence-electron chi connectivity index (χ0n) is 14.4. The molecular formula is C20H20Cl2N2O2. The van der Waals surface area contributed by atoms with Crippen LogP contribution in [0.3, 0.4) is 0 Å². The highest BCUT2D eigenvalue weighted by atomic mass is 35.5. The molecule has 6 heteroatoms. The molecule has 2 aromatic rings. The van der Waals surface area contributed by atoms with Crippen molar-refractivity contribution in [2.75, 3.05) is 5.32 Å². The van der Waals surface area contributed by atoms with E-state index in [0.717, 1.165) is 18.4 Å². The summed E-state index contributed by atoms with van der Waals surface area (Å²) < 4.78 is 0. The van der Waals surface area contributed by atoms with Crippen LogP contribution in [0.1, 0.15) is 42.5 Å². The predicted molar refractivity (Wildman–Crippen MR) is 105 cm³/mol. The molecule has 26 heavy (non-hydrogen) atoms. The Hall–Kier alpha value is -2.04. The quantitative estimate of drug-likeness (QED) is 0.746. The lowest BCUT2D eigenvalue weighted by molar-refractivity contribution is -0.136. The third-order valence-corrected chi connectivity index (χ3v) is 5.17. The van der Waals surface area contributed by atoms with Crippen molar-refractivity contribution in [1.29, 1.82) is 0 Å². The second-order valence-electron chi connectivity index (χ2n) is 6.51. The van der Waals surface area contributed by atoms with Crippen molar-refractivity contribution >= 4 is 40.7 Å². The number of amides is 2. The average molecular weight is 391 g/mol. The molecular weight excluding hydrogens is 371 g/mol. The molecule has 2 aromatic carbocycles. The highest BCUT2D eigenvalue weighted by molar-refractivity contribution is 6.42. The lowest BCUT2D eigenvalue weighted by atomic mass is 9.89. The number of nitrogens with one attached hydrogen (secondary N) is 2. The first-order chi connectivity index (χ1) is 12.4. The summed E-state index contributed by atoms with van der Waals surface area (Å²) in [5.41, 5.74) is 4.02. The van der Waals surface area contributed by atoms with E-state index >= 15 is 0 Å². The van der Waals surface area contributed by atoms with Crippen LogP contribution in [0.5, 0.6) is 0 Å². The van der Waals surface area contributed by atoms with Gasteiger partial charge in [-0.05, 0) is 67.5 Å². The summed E-state index contributed by atoms with van der Waals surface area (Å²) in [4.78, 5) is 24.4. The number of hydrogen-bond donors (Lipinski definition) is 2. The highest BCUT2D eigenvalue weighted by Gasteiger charge is 2.19. The normalized spacial score (nSPS) is 14.3. The monoisotopic (exact) mass is 390 g/mol. The second-order valence-corrected chi connectivity index (χ2v) is 7.35. The fourth-order valence-corrected chi connectivity index (χ4v) is 3.48. The van der Waals surface area contributed by atoms with Gasteiger partial charge in [0.15, 0.2) is 0 Å². The third kappa shape index (κ3) is 4.37. The Labute approximate surface area is 162 Å². The van der Waals surface area contributed by atoms with Gasteiger partial charge in [-0.2, -0.15) is 0 Å². The first-order valence-corrected chi connectivity index (χ1v) is 9.38. The predicted octanol–water partition coefficient (Wildman–Crippen LogP) is 4.69. The molecule has 0 aromatic heterocycles. The molecule has 136 valence electrons. The SMILES string of the molecule is CC(NC(=O)C(=O)Nc1cc(Cl)ccc1Cl)c1ccc2c(c1)CCCC2. The van der Waals surface area contributed by atoms with Gasteiger partial charge in [0.05, 0.1) is 16.8 Å². The lowest BCUT2D eigenvalue weighted by Crippen LogP contribution is -2.37. The van der Waals surface area contributed by atoms with Crippen LogP contribution in [0.2, 0.25) is 10.0 Å². The molecule has 2 amide bonds. The highest BCUT2D eigenvalue weighted by Crippen LogP contribution is 2.26. The zero-order valence-corrected chi connectivity index (χ0v) is 16.0. The number of benzene rings is 2. The molecule has 0 heterocycles. The summed E-state index contributed by atoms with van der Waals surface area (Å²) in [5, 5.41) is 5.96. The summed E-state index contributed by atoms with van der Waals surface area (Å²) >= 11 is 11.9. The van der Waals surface area contributed by atoms with Crippen molar-refractivity contribution in [3.05, 3.63) is 63.1 Å². The van der Waals surface area contributed by atoms with Gasteiger partial charge in [-0.15, -0.1) is 0 Å². The summed E-state index contributed by atoms with van der Waals surface area (Å²) in [6, 6.07) is 10.7. The maximum atomic E-state index is 12.2. The van der Waals surface area contributed by atoms with Gasteiger partial charge in [-0.25, -0.2) is 0 Å². The molecule has 0 spiro atoms. The molecule has 0 bridgehead atoms. The van der Waals surface area contributed by atoms with Crippen molar-refractivity contribution < 1.29 is 9.59 Å². The molecule has 0 aliphatic heterocycles. The van der Waals surface area contributed by atoms with Gasteiger partial charge in [-0.3, -0.25) is 9.59 Å². The zero-order chi connectivity index (χ0) is 18.7. The summed E-state index contributed by atoms with van der Waals surface area (Å²) in [6.07, 6.45) is 4.60. The number of aryl methyl sites for hydroxylation is 2. The molecule has 3 rings (SSSR count). The van der Waals surface area contributed by atoms with E-state index in [2.05, 4.69) is 22.8 Å². The Morgan fingerprint density at radius 3 is 2.46 bits per heavy atom. The molecule has 4 nitrogen and oxygen atoms in total. The summed E-state index contributed by atoms with van der Waals surface area (Å²) in [6.45, 7) is 1.86. The number of carbonyl (C=O) groups excluding carboxylic acids is 2. The third-order valence-electron chi connectivity index (χ3n) is 4.60. The van der Waals surface area contributed by atoms with Gasteiger partial charge >= 0.3 is 11.8 Å². The Balaban J connectivity index is 1.65. The van der Waals surface area contributed by atoms with E-state index in [1.54, 1.807) is 12.1 Å². The largest absolute Gasteiger partial charge is 0.341 e. The Morgan fingerprint density at radius 2 is 1.69 bits per heavy atom. The molecule has 1 atom stereocenters. The maximum absolute atomic E-state index is 12.2. The van der Waals surface area contributed by atoms with Crippen molar-refractivity contribution in [3.63, 3.8) is 0 Å².